The van der Waals surface area contributed by atoms with Gasteiger partial charge in [-0.3, -0.25) is 4.79 Å². The molecule has 0 saturated carbocycles. The maximum atomic E-state index is 13.1. The van der Waals surface area contributed by atoms with Crippen LogP contribution < -0.4 is 0 Å². The van der Waals surface area contributed by atoms with Gasteiger partial charge < -0.3 is 9.84 Å². The predicted molar refractivity (Wildman–Crippen MR) is 54.7 cm³/mol. The lowest BCUT2D eigenvalue weighted by atomic mass is 10.2. The summed E-state index contributed by atoms with van der Waals surface area (Å²) >= 11 is 0. The van der Waals surface area contributed by atoms with Crippen LogP contribution in [-0.2, 0) is 9.53 Å². The second kappa shape index (κ2) is 5.61. The van der Waals surface area contributed by atoms with Gasteiger partial charge in [0.25, 0.3) is 0 Å². The molecular weight excluding hydrogens is 229 g/mol. The summed E-state index contributed by atoms with van der Waals surface area (Å²) in [5, 5.41) is 8.36. The average Bonchev–Trinajstić information content (AvgIpc) is 2.30. The van der Waals surface area contributed by atoms with Gasteiger partial charge in [0.2, 0.25) is 5.95 Å². The highest BCUT2D eigenvalue weighted by molar-refractivity contribution is 5.89. The Morgan fingerprint density at radius 1 is 1.59 bits per heavy atom. The number of carbonyl (C=O) groups is 2. The van der Waals surface area contributed by atoms with E-state index in [9.17, 15) is 14.0 Å². The second-order valence-electron chi connectivity index (χ2n) is 2.93. The van der Waals surface area contributed by atoms with Crippen molar-refractivity contribution in [2.24, 2.45) is 0 Å². The molecule has 1 N–H and O–H groups in total. The molecule has 0 aliphatic rings. The van der Waals surface area contributed by atoms with Crippen molar-refractivity contribution in [3.05, 3.63) is 29.3 Å². The molecule has 0 fully saturated rings. The molecule has 88 valence electrons. The summed E-state index contributed by atoms with van der Waals surface area (Å²) in [5.41, 5.74) is -0.0947. The smallest absolute Gasteiger partial charge is 0.342 e. The first-order valence-corrected chi connectivity index (χ1v) is 4.49. The van der Waals surface area contributed by atoms with Crippen LogP contribution in [0.5, 0.6) is 0 Å². The number of aliphatic carboxylic acids is 1. The minimum atomic E-state index is -1.07. The lowest BCUT2D eigenvalue weighted by Gasteiger charge is -2.00. The first kappa shape index (κ1) is 12.6. The number of halogens is 1. The summed E-state index contributed by atoms with van der Waals surface area (Å²) in [4.78, 5) is 24.7. The summed E-state index contributed by atoms with van der Waals surface area (Å²) < 4.78 is 17.5. The van der Waals surface area contributed by atoms with Crippen molar-refractivity contribution in [1.82, 2.24) is 4.98 Å². The van der Waals surface area contributed by atoms with Crippen LogP contribution in [0.2, 0.25) is 0 Å². The third-order valence-corrected chi connectivity index (χ3v) is 1.72. The highest BCUT2D eigenvalue weighted by Gasteiger charge is 2.13. The fraction of sp³-hybridized carbons (Fsp3) is 0.182. The van der Waals surface area contributed by atoms with Gasteiger partial charge in [-0.05, 0) is 6.07 Å². The molecule has 1 aromatic heterocycles. The van der Waals surface area contributed by atoms with Crippen molar-refractivity contribution in [2.45, 2.75) is 6.42 Å². The number of hydrogen-bond donors (Lipinski definition) is 1. The largest absolute Gasteiger partial charge is 0.481 e. The molecule has 0 radical (unpaired) electrons. The molecule has 0 saturated heterocycles. The Morgan fingerprint density at radius 2 is 2.29 bits per heavy atom. The van der Waals surface area contributed by atoms with E-state index in [-0.39, 0.29) is 17.5 Å². The van der Waals surface area contributed by atoms with Crippen molar-refractivity contribution < 1.29 is 23.8 Å². The van der Waals surface area contributed by atoms with Gasteiger partial charge in [0.1, 0.15) is 12.0 Å². The van der Waals surface area contributed by atoms with E-state index in [1.54, 1.807) is 0 Å². The van der Waals surface area contributed by atoms with Crippen molar-refractivity contribution in [2.75, 3.05) is 7.11 Å². The first-order valence-electron chi connectivity index (χ1n) is 4.49. The van der Waals surface area contributed by atoms with E-state index in [1.165, 1.54) is 0 Å². The number of carboxylic acids is 1. The monoisotopic (exact) mass is 237 g/mol. The number of aromatic nitrogens is 1. The summed E-state index contributed by atoms with van der Waals surface area (Å²) in [5.74, 6) is 1.90. The Labute approximate surface area is 96.2 Å². The summed E-state index contributed by atoms with van der Waals surface area (Å²) in [7, 11) is 1.12. The number of esters is 1. The number of carbonyl (C=O) groups excluding carboxylic acids is 1. The van der Waals surface area contributed by atoms with Crippen molar-refractivity contribution in [3.8, 4) is 11.8 Å². The van der Waals surface area contributed by atoms with Crippen LogP contribution in [0, 0.1) is 17.8 Å². The fourth-order valence-electron chi connectivity index (χ4n) is 0.991. The zero-order chi connectivity index (χ0) is 12.8. The molecule has 6 heteroatoms. The van der Waals surface area contributed by atoms with Crippen LogP contribution in [0.3, 0.4) is 0 Å². The van der Waals surface area contributed by atoms with E-state index in [4.69, 9.17) is 5.11 Å². The molecule has 0 aliphatic heterocycles. The molecule has 5 nitrogen and oxygen atoms in total. The zero-order valence-electron chi connectivity index (χ0n) is 8.86. The first-order chi connectivity index (χ1) is 8.04. The van der Waals surface area contributed by atoms with Crippen LogP contribution in [-0.4, -0.2) is 29.1 Å². The van der Waals surface area contributed by atoms with E-state index in [1.807, 2.05) is 0 Å². The van der Waals surface area contributed by atoms with Crippen LogP contribution in [0.1, 0.15) is 22.3 Å². The van der Waals surface area contributed by atoms with Crippen molar-refractivity contribution in [1.29, 1.82) is 0 Å². The molecule has 0 unspecified atom stereocenters. The van der Waals surface area contributed by atoms with E-state index in [2.05, 4.69) is 21.6 Å². The van der Waals surface area contributed by atoms with Gasteiger partial charge in [-0.15, -0.1) is 0 Å². The van der Waals surface area contributed by atoms with Gasteiger partial charge in [-0.2, -0.15) is 4.39 Å². The second-order valence-corrected chi connectivity index (χ2v) is 2.93. The maximum absolute atomic E-state index is 13.1. The summed E-state index contributed by atoms with van der Waals surface area (Å²) in [6.07, 6.45) is 0.765. The van der Waals surface area contributed by atoms with Crippen LogP contribution >= 0.6 is 0 Å². The fourth-order valence-corrected chi connectivity index (χ4v) is 0.991. The number of ether oxygens (including phenoxy) is 1. The van der Waals surface area contributed by atoms with Crippen molar-refractivity contribution in [3.63, 3.8) is 0 Å². The lowest BCUT2D eigenvalue weighted by Crippen LogP contribution is -2.06. The SMILES string of the molecule is COC(=O)c1cc(C#CCC(=O)O)cnc1F. The third-order valence-electron chi connectivity index (χ3n) is 1.72. The Kier molecular flexibility index (Phi) is 4.17. The maximum Gasteiger partial charge on any atom is 0.342 e. The number of pyridine rings is 1. The van der Waals surface area contributed by atoms with Crippen LogP contribution in [0.4, 0.5) is 4.39 Å². The van der Waals surface area contributed by atoms with Crippen LogP contribution in [0.25, 0.3) is 0 Å². The number of methoxy groups -OCH3 is 1. The quantitative estimate of drug-likeness (QED) is 0.468. The molecule has 0 atom stereocenters. The molecule has 1 aromatic rings. The summed E-state index contributed by atoms with van der Waals surface area (Å²) in [6, 6.07) is 1.16. The Hall–Kier alpha value is -2.42. The van der Waals surface area contributed by atoms with Gasteiger partial charge in [0, 0.05) is 11.8 Å². The van der Waals surface area contributed by atoms with Crippen molar-refractivity contribution >= 4 is 11.9 Å². The average molecular weight is 237 g/mol. The topological polar surface area (TPSA) is 76.5 Å². The number of carboxylic acid groups (broad SMARTS) is 1. The number of rotatable bonds is 2. The number of nitrogens with zero attached hydrogens (tertiary/aromatic N) is 1. The highest BCUT2D eigenvalue weighted by atomic mass is 19.1. The minimum Gasteiger partial charge on any atom is -0.481 e. The molecular formula is C11H8FNO4. The molecule has 0 amide bonds. The van der Waals surface area contributed by atoms with E-state index in [0.717, 1.165) is 19.4 Å². The normalized spacial score (nSPS) is 9.06. The van der Waals surface area contributed by atoms with Gasteiger partial charge in [0.15, 0.2) is 0 Å². The van der Waals surface area contributed by atoms with E-state index >= 15 is 0 Å². The zero-order valence-corrected chi connectivity index (χ0v) is 8.86. The van der Waals surface area contributed by atoms with Gasteiger partial charge in [-0.25, -0.2) is 9.78 Å². The third kappa shape index (κ3) is 3.57. The summed E-state index contributed by atoms with van der Waals surface area (Å²) in [6.45, 7) is 0. The number of hydrogen-bond acceptors (Lipinski definition) is 4. The lowest BCUT2D eigenvalue weighted by molar-refractivity contribution is -0.135. The Morgan fingerprint density at radius 3 is 2.88 bits per heavy atom. The predicted octanol–water partition coefficient (Wildman–Crippen LogP) is 0.833. The van der Waals surface area contributed by atoms with Gasteiger partial charge in [0.05, 0.1) is 7.11 Å². The van der Waals surface area contributed by atoms with Crippen LogP contribution in [0.15, 0.2) is 12.3 Å². The van der Waals surface area contributed by atoms with Gasteiger partial charge in [-0.1, -0.05) is 11.8 Å². The highest BCUT2D eigenvalue weighted by Crippen LogP contribution is 2.08. The van der Waals surface area contributed by atoms with E-state index < -0.39 is 17.9 Å². The molecule has 1 heterocycles. The Balaban J connectivity index is 2.99. The molecule has 0 spiro atoms. The molecule has 0 bridgehead atoms. The standard InChI is InChI=1S/C11H8FNO4/c1-17-11(16)8-5-7(6-13-10(8)12)3-2-4-9(14)15/h5-6H,4H2,1H3,(H,14,15). The molecule has 0 aromatic carbocycles. The minimum absolute atomic E-state index is 0.244. The molecule has 0 aliphatic carbocycles. The van der Waals surface area contributed by atoms with E-state index in [0.29, 0.717) is 0 Å². The van der Waals surface area contributed by atoms with Gasteiger partial charge >= 0.3 is 11.9 Å². The molecule has 1 rings (SSSR count). The Bertz CT molecular complexity index is 516. The molecule has 17 heavy (non-hydrogen) atoms.